The number of methoxy groups -OCH3 is 2. The molecule has 4 aliphatic rings. The fourth-order valence-corrected chi connectivity index (χ4v) is 9.31. The monoisotopic (exact) mass is 779 g/mol. The predicted octanol–water partition coefficient (Wildman–Crippen LogP) is 7.01. The van der Waals surface area contributed by atoms with Gasteiger partial charge in [0, 0.05) is 29.7 Å². The van der Waals surface area contributed by atoms with Gasteiger partial charge < -0.3 is 29.0 Å². The first-order valence-electron chi connectivity index (χ1n) is 18.4. The zero-order valence-electron chi connectivity index (χ0n) is 31.1. The maximum Gasteiger partial charge on any atom is 0.310 e. The number of aliphatic carboxylic acids is 1. The molecule has 0 bridgehead atoms. The Balaban J connectivity index is 1.20. The highest BCUT2D eigenvalue weighted by Gasteiger charge is 2.61. The number of Topliss-reactive ketones (excluding diaryl/α,β-unsaturated/α-hetero) is 1. The van der Waals surface area contributed by atoms with Gasteiger partial charge >= 0.3 is 11.9 Å². The highest BCUT2D eigenvalue weighted by molar-refractivity contribution is 7.11. The Bertz CT molecular complexity index is 2000. The van der Waals surface area contributed by atoms with E-state index >= 15 is 0 Å². The Kier molecular flexibility index (Phi) is 10.2. The topological polar surface area (TPSA) is 154 Å². The fraction of sp³-hybridized carbons (Fsp3) is 0.550. The molecule has 54 heavy (non-hydrogen) atoms. The number of carboxylic acid groups (broad SMARTS) is 1. The van der Waals surface area contributed by atoms with Gasteiger partial charge in [0.15, 0.2) is 5.78 Å². The fourth-order valence-electron chi connectivity index (χ4n) is 8.39. The number of pyridine rings is 1. The molecule has 7 rings (SSSR count). The van der Waals surface area contributed by atoms with Crippen LogP contribution >= 0.6 is 22.9 Å². The minimum atomic E-state index is -1.26. The van der Waals surface area contributed by atoms with Gasteiger partial charge in [0.25, 0.3) is 5.19 Å². The Morgan fingerprint density at radius 3 is 2.41 bits per heavy atom. The molecule has 12 nitrogen and oxygen atoms in total. The Hall–Kier alpha value is -4.23. The number of aromatic nitrogens is 2. The number of thiazole rings is 1. The van der Waals surface area contributed by atoms with Crippen LogP contribution in [0.25, 0.3) is 22.3 Å². The zero-order valence-corrected chi connectivity index (χ0v) is 32.7. The minimum Gasteiger partial charge on any atom is -0.495 e. The first kappa shape index (κ1) is 38.1. The lowest BCUT2D eigenvalue weighted by molar-refractivity contribution is -0.157. The summed E-state index contributed by atoms with van der Waals surface area (Å²) < 4.78 is 23.3. The van der Waals surface area contributed by atoms with Crippen LogP contribution in [-0.2, 0) is 23.9 Å². The summed E-state index contributed by atoms with van der Waals surface area (Å²) in [7, 11) is 3.04. The van der Waals surface area contributed by atoms with Crippen molar-refractivity contribution in [2.45, 2.75) is 84.0 Å². The summed E-state index contributed by atoms with van der Waals surface area (Å²) in [6.07, 6.45) is 3.71. The molecule has 3 aromatic rings. The number of benzene rings is 1. The number of rotatable bonds is 14. The number of ketones is 1. The number of esters is 1. The molecule has 1 aliphatic heterocycles. The second kappa shape index (κ2) is 14.4. The largest absolute Gasteiger partial charge is 0.495 e. The Morgan fingerprint density at radius 2 is 1.80 bits per heavy atom. The van der Waals surface area contributed by atoms with Gasteiger partial charge in [0.05, 0.1) is 55.8 Å². The molecular weight excluding hydrogens is 734 g/mol. The third-order valence-corrected chi connectivity index (χ3v) is 12.9. The lowest BCUT2D eigenvalue weighted by Crippen LogP contribution is -2.48. The normalized spacial score (nSPS) is 27.6. The van der Waals surface area contributed by atoms with E-state index in [0.29, 0.717) is 57.2 Å². The summed E-state index contributed by atoms with van der Waals surface area (Å²) in [6.45, 7) is 9.47. The standard InChI is InChI=1S/C40H46ClN3O9S/c1-7-22-16-40(22,37(48)49)17-30(45)29-13-24(18-44(29)36(47)26(39(2,3)4)14-33(46)53-23-11-20-10-21(20)12-23)52-32-15-27(28-19-54-38(43-28)51-6)42-35-25(32)8-9-31(50-5)34(35)41/h7-9,15,19-24,26,29H,1,10-14,16-18H2,2-6H3,(H,48,49)/t20-,21+,22-,23?,24-,26?,29+,40-/m1/s1. The number of carboxylic acids is 1. The molecule has 3 aliphatic carbocycles. The first-order valence-corrected chi connectivity index (χ1v) is 19.6. The van der Waals surface area contributed by atoms with Crippen LogP contribution in [0.15, 0.2) is 36.2 Å². The highest BCUT2D eigenvalue weighted by Crippen LogP contribution is 2.57. The number of ether oxygens (including phenoxy) is 4. The number of carbonyl (C=O) groups is 4. The number of allylic oxidation sites excluding steroid dienone is 1. The van der Waals surface area contributed by atoms with E-state index in [2.05, 4.69) is 11.6 Å². The van der Waals surface area contributed by atoms with Crippen LogP contribution in [0.1, 0.15) is 65.7 Å². The first-order chi connectivity index (χ1) is 25.6. The van der Waals surface area contributed by atoms with E-state index in [4.69, 9.17) is 35.5 Å². The van der Waals surface area contributed by atoms with Crippen LogP contribution in [-0.4, -0.2) is 82.6 Å². The number of amides is 1. The third kappa shape index (κ3) is 7.28. The second-order valence-electron chi connectivity index (χ2n) is 16.3. The van der Waals surface area contributed by atoms with Crippen molar-refractivity contribution >= 4 is 57.5 Å². The Labute approximate surface area is 323 Å². The lowest BCUT2D eigenvalue weighted by Gasteiger charge is -2.35. The Morgan fingerprint density at radius 1 is 1.06 bits per heavy atom. The molecule has 288 valence electrons. The minimum absolute atomic E-state index is 0.0291. The molecule has 3 saturated carbocycles. The van der Waals surface area contributed by atoms with Crippen molar-refractivity contribution in [3.8, 4) is 28.1 Å². The van der Waals surface area contributed by atoms with Crippen LogP contribution in [0.5, 0.6) is 16.7 Å². The average molecular weight is 780 g/mol. The summed E-state index contributed by atoms with van der Waals surface area (Å²) in [5.74, 6) is -1.30. The summed E-state index contributed by atoms with van der Waals surface area (Å²) in [4.78, 5) is 65.5. The zero-order chi connectivity index (χ0) is 38.7. The van der Waals surface area contributed by atoms with Crippen LogP contribution < -0.4 is 14.2 Å². The van der Waals surface area contributed by atoms with Crippen LogP contribution in [0.3, 0.4) is 0 Å². The molecule has 1 amide bonds. The number of hydrogen-bond donors (Lipinski definition) is 1. The smallest absolute Gasteiger partial charge is 0.310 e. The number of hydrogen-bond acceptors (Lipinski definition) is 11. The quantitative estimate of drug-likeness (QED) is 0.133. The van der Waals surface area contributed by atoms with Gasteiger partial charge in [-0.05, 0) is 61.0 Å². The van der Waals surface area contributed by atoms with Crippen molar-refractivity contribution in [1.29, 1.82) is 0 Å². The average Bonchev–Trinajstić information content (AvgIpc) is 3.78. The SMILES string of the molecule is C=C[C@@H]1C[C@]1(CC(=O)[C@@H]1C[C@@H](Oc2cc(-c3csc(OC)n3)nc3c(Cl)c(OC)ccc23)CN1C(=O)C(CC(=O)OC1C[C@@H]2C[C@@H]2C1)C(C)(C)C)C(=O)O. The van der Waals surface area contributed by atoms with Crippen molar-refractivity contribution in [2.75, 3.05) is 20.8 Å². The summed E-state index contributed by atoms with van der Waals surface area (Å²) in [6, 6.07) is 4.25. The van der Waals surface area contributed by atoms with Gasteiger partial charge in [-0.15, -0.1) is 6.58 Å². The second-order valence-corrected chi connectivity index (χ2v) is 17.5. The lowest BCUT2D eigenvalue weighted by atomic mass is 9.77. The maximum atomic E-state index is 14.7. The van der Waals surface area contributed by atoms with Gasteiger partial charge in [-0.3, -0.25) is 19.2 Å². The van der Waals surface area contributed by atoms with Crippen molar-refractivity contribution in [3.05, 3.63) is 41.3 Å². The molecule has 1 saturated heterocycles. The molecule has 2 aromatic heterocycles. The van der Waals surface area contributed by atoms with Crippen molar-refractivity contribution in [3.63, 3.8) is 0 Å². The molecule has 3 heterocycles. The molecule has 14 heteroatoms. The van der Waals surface area contributed by atoms with Crippen LogP contribution in [0, 0.1) is 34.5 Å². The van der Waals surface area contributed by atoms with E-state index in [-0.39, 0.29) is 54.5 Å². The van der Waals surface area contributed by atoms with Crippen molar-refractivity contribution in [2.24, 2.45) is 34.5 Å². The van der Waals surface area contributed by atoms with Gasteiger partial charge in [-0.2, -0.15) is 0 Å². The predicted molar refractivity (Wildman–Crippen MR) is 202 cm³/mol. The van der Waals surface area contributed by atoms with Crippen molar-refractivity contribution < 1.29 is 43.2 Å². The molecule has 0 spiro atoms. The molecule has 1 N–H and O–H groups in total. The van der Waals surface area contributed by atoms with Crippen LogP contribution in [0.4, 0.5) is 0 Å². The van der Waals surface area contributed by atoms with Gasteiger partial charge in [0.2, 0.25) is 5.91 Å². The summed E-state index contributed by atoms with van der Waals surface area (Å²) in [5, 5.41) is 13.3. The molecule has 2 unspecified atom stereocenters. The van der Waals surface area contributed by atoms with E-state index in [0.717, 1.165) is 12.8 Å². The molecular formula is C40H46ClN3O9S. The number of nitrogens with zero attached hydrogens (tertiary/aromatic N) is 3. The third-order valence-electron chi connectivity index (χ3n) is 11.7. The van der Waals surface area contributed by atoms with Crippen molar-refractivity contribution in [1.82, 2.24) is 14.9 Å². The summed E-state index contributed by atoms with van der Waals surface area (Å²) in [5.41, 5.74) is -0.513. The number of fused-ring (bicyclic) bond motifs is 2. The number of likely N-dealkylation sites (tertiary alicyclic amines) is 1. The highest BCUT2D eigenvalue weighted by atomic mass is 35.5. The van der Waals surface area contributed by atoms with Gasteiger partial charge in [0.1, 0.15) is 34.4 Å². The summed E-state index contributed by atoms with van der Waals surface area (Å²) >= 11 is 8.08. The maximum absolute atomic E-state index is 14.7. The van der Waals surface area contributed by atoms with Gasteiger partial charge in [-0.25, -0.2) is 9.97 Å². The number of carbonyl (C=O) groups excluding carboxylic acids is 3. The van der Waals surface area contributed by atoms with Crippen LogP contribution in [0.2, 0.25) is 5.02 Å². The van der Waals surface area contributed by atoms with E-state index in [1.807, 2.05) is 20.8 Å². The van der Waals surface area contributed by atoms with E-state index in [1.165, 1.54) is 36.9 Å². The van der Waals surface area contributed by atoms with E-state index in [9.17, 15) is 24.3 Å². The molecule has 8 atom stereocenters. The number of halogens is 1. The van der Waals surface area contributed by atoms with E-state index in [1.54, 1.807) is 29.7 Å². The molecule has 1 aromatic carbocycles. The van der Waals surface area contributed by atoms with Gasteiger partial charge in [-0.1, -0.05) is 49.8 Å². The van der Waals surface area contributed by atoms with E-state index < -0.39 is 40.8 Å². The molecule has 0 radical (unpaired) electrons. The molecule has 4 fully saturated rings.